The monoisotopic (exact) mass is 448 g/mol. The van der Waals surface area contributed by atoms with E-state index < -0.39 is 10.0 Å². The van der Waals surface area contributed by atoms with Crippen LogP contribution in [0.4, 0.5) is 5.69 Å². The highest BCUT2D eigenvalue weighted by molar-refractivity contribution is 14.1. The van der Waals surface area contributed by atoms with Crippen molar-refractivity contribution in [2.45, 2.75) is 40.2 Å². The van der Waals surface area contributed by atoms with E-state index in [1.54, 1.807) is 6.07 Å². The first-order chi connectivity index (χ1) is 10.4. The molecule has 128 valence electrons. The van der Waals surface area contributed by atoms with Crippen molar-refractivity contribution in [3.05, 3.63) is 51.6 Å². The number of hydrogen-bond donors (Lipinski definition) is 2. The molecule has 1 aromatic carbocycles. The Morgan fingerprint density at radius 1 is 1.39 bits per heavy atom. The lowest BCUT2D eigenvalue weighted by molar-refractivity contribution is 0.393. The summed E-state index contributed by atoms with van der Waals surface area (Å²) in [5.74, 6) is 0. The van der Waals surface area contributed by atoms with Gasteiger partial charge in [0.1, 0.15) is 0 Å². The first kappa shape index (κ1) is 20.0. The van der Waals surface area contributed by atoms with Gasteiger partial charge in [-0.3, -0.25) is 4.72 Å². The molecule has 0 fully saturated rings. The fourth-order valence-electron chi connectivity index (χ4n) is 2.16. The molecule has 0 saturated carbocycles. The standard InChI is InChI=1S/C17H25IN2O2S/c1-7-23(21,22)20-16-9-8-14(10-15(16)18)13(3)19-12(2)11-17(4,5)6/h7-10,13,19-20H,1-2,11H2,3-6H3. The SMILES string of the molecule is C=CS(=O)(=O)Nc1ccc(C(C)NC(=C)CC(C)(C)C)cc1I. The summed E-state index contributed by atoms with van der Waals surface area (Å²) in [6, 6.07) is 5.74. The van der Waals surface area contributed by atoms with Crippen molar-refractivity contribution in [3.8, 4) is 0 Å². The van der Waals surface area contributed by atoms with Gasteiger partial charge in [0.05, 0.1) is 5.69 Å². The van der Waals surface area contributed by atoms with Gasteiger partial charge in [-0.05, 0) is 59.0 Å². The molecule has 0 aliphatic carbocycles. The molecular formula is C17H25IN2O2S. The fraction of sp³-hybridized carbons (Fsp3) is 0.412. The van der Waals surface area contributed by atoms with Crippen LogP contribution in [0, 0.1) is 8.99 Å². The van der Waals surface area contributed by atoms with Gasteiger partial charge in [0, 0.05) is 20.7 Å². The molecule has 0 radical (unpaired) electrons. The third-order valence-corrected chi connectivity index (χ3v) is 4.96. The van der Waals surface area contributed by atoms with Crippen LogP contribution in [0.3, 0.4) is 0 Å². The van der Waals surface area contributed by atoms with Crippen LogP contribution in [0.1, 0.15) is 45.7 Å². The minimum Gasteiger partial charge on any atom is -0.382 e. The summed E-state index contributed by atoms with van der Waals surface area (Å²) in [4.78, 5) is 0. The van der Waals surface area contributed by atoms with Crippen LogP contribution >= 0.6 is 22.6 Å². The number of hydrogen-bond acceptors (Lipinski definition) is 3. The Morgan fingerprint density at radius 3 is 2.48 bits per heavy atom. The van der Waals surface area contributed by atoms with Gasteiger partial charge >= 0.3 is 0 Å². The third-order valence-electron chi connectivity index (χ3n) is 3.13. The largest absolute Gasteiger partial charge is 0.382 e. The van der Waals surface area contributed by atoms with E-state index in [2.05, 4.69) is 73.5 Å². The highest BCUT2D eigenvalue weighted by atomic mass is 127. The molecule has 0 amide bonds. The van der Waals surface area contributed by atoms with Gasteiger partial charge in [0.25, 0.3) is 10.0 Å². The molecule has 0 aliphatic heterocycles. The number of allylic oxidation sites excluding steroid dienone is 1. The van der Waals surface area contributed by atoms with Crippen molar-refractivity contribution in [2.75, 3.05) is 4.72 Å². The van der Waals surface area contributed by atoms with E-state index in [1.165, 1.54) is 0 Å². The van der Waals surface area contributed by atoms with E-state index in [0.717, 1.165) is 26.7 Å². The predicted octanol–water partition coefficient (Wildman–Crippen LogP) is 4.78. The van der Waals surface area contributed by atoms with Crippen molar-refractivity contribution in [1.82, 2.24) is 5.32 Å². The van der Waals surface area contributed by atoms with Crippen LogP contribution in [0.5, 0.6) is 0 Å². The maximum atomic E-state index is 11.6. The fourth-order valence-corrected chi connectivity index (χ4v) is 3.58. The average Bonchev–Trinajstić information content (AvgIpc) is 2.38. The van der Waals surface area contributed by atoms with Gasteiger partial charge in [-0.25, -0.2) is 8.42 Å². The smallest absolute Gasteiger partial charge is 0.254 e. The second-order valence-electron chi connectivity index (χ2n) is 6.76. The molecule has 0 aromatic heterocycles. The molecule has 6 heteroatoms. The number of sulfonamides is 1. The summed E-state index contributed by atoms with van der Waals surface area (Å²) in [5, 5.41) is 4.31. The maximum absolute atomic E-state index is 11.6. The molecule has 1 unspecified atom stereocenters. The highest BCUT2D eigenvalue weighted by Gasteiger charge is 2.15. The van der Waals surface area contributed by atoms with Crippen molar-refractivity contribution in [2.24, 2.45) is 5.41 Å². The van der Waals surface area contributed by atoms with Crippen LogP contribution in [0.25, 0.3) is 0 Å². The van der Waals surface area contributed by atoms with Gasteiger partial charge in [-0.15, -0.1) is 0 Å². The quantitative estimate of drug-likeness (QED) is 0.591. The average molecular weight is 448 g/mol. The lowest BCUT2D eigenvalue weighted by Gasteiger charge is -2.24. The molecule has 1 rings (SSSR count). The van der Waals surface area contributed by atoms with E-state index >= 15 is 0 Å². The van der Waals surface area contributed by atoms with Crippen molar-refractivity contribution >= 4 is 38.3 Å². The minimum absolute atomic E-state index is 0.100. The molecule has 0 spiro atoms. The van der Waals surface area contributed by atoms with Crippen LogP contribution in [-0.2, 0) is 10.0 Å². The van der Waals surface area contributed by atoms with Gasteiger partial charge in [-0.2, -0.15) is 0 Å². The summed E-state index contributed by atoms with van der Waals surface area (Å²) >= 11 is 2.12. The Hall–Kier alpha value is -1.02. The molecule has 1 atom stereocenters. The van der Waals surface area contributed by atoms with Crippen molar-refractivity contribution < 1.29 is 8.42 Å². The second-order valence-corrected chi connectivity index (χ2v) is 9.55. The van der Waals surface area contributed by atoms with Crippen LogP contribution in [-0.4, -0.2) is 8.42 Å². The Morgan fingerprint density at radius 2 is 2.00 bits per heavy atom. The molecule has 1 aromatic rings. The zero-order chi connectivity index (χ0) is 17.8. The zero-order valence-electron chi connectivity index (χ0n) is 14.1. The van der Waals surface area contributed by atoms with Crippen molar-refractivity contribution in [3.63, 3.8) is 0 Å². The Labute approximate surface area is 153 Å². The van der Waals surface area contributed by atoms with E-state index in [1.807, 2.05) is 12.1 Å². The second kappa shape index (κ2) is 7.70. The molecular weight excluding hydrogens is 423 g/mol. The lowest BCUT2D eigenvalue weighted by atomic mass is 9.90. The van der Waals surface area contributed by atoms with Crippen LogP contribution in [0.15, 0.2) is 42.5 Å². The van der Waals surface area contributed by atoms with Crippen molar-refractivity contribution in [1.29, 1.82) is 0 Å². The van der Waals surface area contributed by atoms with E-state index in [4.69, 9.17) is 0 Å². The molecule has 23 heavy (non-hydrogen) atoms. The highest BCUT2D eigenvalue weighted by Crippen LogP contribution is 2.27. The van der Waals surface area contributed by atoms with E-state index in [0.29, 0.717) is 5.69 Å². The first-order valence-corrected chi connectivity index (χ1v) is 9.95. The number of nitrogens with one attached hydrogen (secondary N) is 2. The summed E-state index contributed by atoms with van der Waals surface area (Å²) in [6.45, 7) is 16.0. The minimum atomic E-state index is -3.49. The third kappa shape index (κ3) is 6.95. The molecule has 4 nitrogen and oxygen atoms in total. The molecule has 2 N–H and O–H groups in total. The summed E-state index contributed by atoms with van der Waals surface area (Å²) < 4.78 is 26.4. The number of halogens is 1. The first-order valence-electron chi connectivity index (χ1n) is 7.32. The zero-order valence-corrected chi connectivity index (χ0v) is 17.1. The topological polar surface area (TPSA) is 58.2 Å². The molecule has 0 aliphatic rings. The summed E-state index contributed by atoms with van der Waals surface area (Å²) in [6.07, 6.45) is 0.894. The van der Waals surface area contributed by atoms with E-state index in [9.17, 15) is 8.42 Å². The Kier molecular flexibility index (Phi) is 6.70. The number of anilines is 1. The summed E-state index contributed by atoms with van der Waals surface area (Å²) in [7, 11) is -3.49. The van der Waals surface area contributed by atoms with Crippen LogP contribution < -0.4 is 10.0 Å². The molecule has 0 heterocycles. The predicted molar refractivity (Wildman–Crippen MR) is 107 cm³/mol. The van der Waals surface area contributed by atoms with Gasteiger partial charge in [0.2, 0.25) is 0 Å². The normalized spacial score (nSPS) is 13.3. The molecule has 0 bridgehead atoms. The van der Waals surface area contributed by atoms with Crippen LogP contribution in [0.2, 0.25) is 0 Å². The Balaban J connectivity index is 2.84. The number of rotatable bonds is 7. The maximum Gasteiger partial charge on any atom is 0.254 e. The lowest BCUT2D eigenvalue weighted by Crippen LogP contribution is -2.21. The molecule has 0 saturated heterocycles. The van der Waals surface area contributed by atoms with Gasteiger partial charge in [-0.1, -0.05) is 40.0 Å². The van der Waals surface area contributed by atoms with Gasteiger partial charge in [0.15, 0.2) is 0 Å². The van der Waals surface area contributed by atoms with E-state index in [-0.39, 0.29) is 11.5 Å². The Bertz CT molecular complexity index is 691. The summed E-state index contributed by atoms with van der Waals surface area (Å²) in [5.41, 5.74) is 2.81. The number of benzene rings is 1. The van der Waals surface area contributed by atoms with Gasteiger partial charge < -0.3 is 5.32 Å².